The Kier molecular flexibility index (Phi) is 5.28. The summed E-state index contributed by atoms with van der Waals surface area (Å²) in [5.41, 5.74) is -0.423. The van der Waals surface area contributed by atoms with E-state index in [4.69, 9.17) is 4.74 Å². The minimum absolute atomic E-state index is 0.0652. The second-order valence-corrected chi connectivity index (χ2v) is 8.33. The van der Waals surface area contributed by atoms with Gasteiger partial charge >= 0.3 is 5.97 Å². The summed E-state index contributed by atoms with van der Waals surface area (Å²) in [4.78, 5) is 12.0. The highest BCUT2D eigenvalue weighted by molar-refractivity contribution is 5.83. The molecule has 0 unspecified atom stereocenters. The Bertz CT molecular complexity index is 802. The molecule has 0 aromatic heterocycles. The zero-order valence-electron chi connectivity index (χ0n) is 15.9. The van der Waals surface area contributed by atoms with Gasteiger partial charge in [0, 0.05) is 12.0 Å². The number of hydrogen-bond acceptors (Lipinski definition) is 4. The molecular formula is C22H26FNO3. The molecule has 0 amide bonds. The summed E-state index contributed by atoms with van der Waals surface area (Å²) in [6, 6.07) is 7.09. The normalized spacial score (nSPS) is 23.6. The number of aryl methyl sites for hydroxylation is 1. The average molecular weight is 371 g/mol. The molecular weight excluding hydrogens is 345 g/mol. The fourth-order valence-electron chi connectivity index (χ4n) is 4.42. The molecule has 1 aromatic rings. The van der Waals surface area contributed by atoms with Crippen LogP contribution in [0.2, 0.25) is 0 Å². The Morgan fingerprint density at radius 1 is 1.37 bits per heavy atom. The average Bonchev–Trinajstić information content (AvgIpc) is 3.14. The molecule has 1 heterocycles. The van der Waals surface area contributed by atoms with Gasteiger partial charge in [-0.1, -0.05) is 25.0 Å². The van der Waals surface area contributed by atoms with Crippen LogP contribution in [0.1, 0.15) is 63.5 Å². The summed E-state index contributed by atoms with van der Waals surface area (Å²) in [6.45, 7) is 3.38. The number of nitrogens with zero attached hydrogens (tertiary/aromatic N) is 1. The number of halogens is 1. The van der Waals surface area contributed by atoms with E-state index in [0.29, 0.717) is 24.8 Å². The molecule has 1 aromatic carbocycles. The summed E-state index contributed by atoms with van der Waals surface area (Å²) in [6.07, 6.45) is 6.70. The molecule has 144 valence electrons. The van der Waals surface area contributed by atoms with Gasteiger partial charge in [-0.2, -0.15) is 5.26 Å². The molecule has 1 atom stereocenters. The number of esters is 1. The molecule has 1 saturated carbocycles. The van der Waals surface area contributed by atoms with Gasteiger partial charge in [0.15, 0.2) is 0 Å². The predicted molar refractivity (Wildman–Crippen MR) is 99.5 cm³/mol. The number of aliphatic hydroxyl groups excluding tert-OH is 1. The molecule has 1 fully saturated rings. The van der Waals surface area contributed by atoms with Crippen molar-refractivity contribution in [2.45, 2.75) is 69.8 Å². The molecule has 0 saturated heterocycles. The molecule has 27 heavy (non-hydrogen) atoms. The Balaban J connectivity index is 1.80. The van der Waals surface area contributed by atoms with Crippen molar-refractivity contribution in [1.29, 1.82) is 5.26 Å². The third kappa shape index (κ3) is 4.00. The molecule has 0 radical (unpaired) electrons. The molecule has 0 spiro atoms. The highest BCUT2D eigenvalue weighted by Crippen LogP contribution is 2.44. The molecule has 1 N–H and O–H groups in total. The Morgan fingerprint density at radius 2 is 2.07 bits per heavy atom. The fourth-order valence-corrected chi connectivity index (χ4v) is 4.42. The van der Waals surface area contributed by atoms with Crippen LogP contribution in [0.15, 0.2) is 30.0 Å². The Morgan fingerprint density at radius 3 is 2.67 bits per heavy atom. The van der Waals surface area contributed by atoms with E-state index >= 15 is 0 Å². The van der Waals surface area contributed by atoms with E-state index in [9.17, 15) is 19.6 Å². The van der Waals surface area contributed by atoms with Crippen LogP contribution in [-0.4, -0.2) is 16.7 Å². The second-order valence-electron chi connectivity index (χ2n) is 8.33. The van der Waals surface area contributed by atoms with Crippen molar-refractivity contribution in [1.82, 2.24) is 0 Å². The number of benzene rings is 1. The first-order chi connectivity index (χ1) is 12.8. The van der Waals surface area contributed by atoms with Crippen molar-refractivity contribution in [2.24, 2.45) is 5.92 Å². The van der Waals surface area contributed by atoms with Gasteiger partial charge in [0.1, 0.15) is 17.2 Å². The largest absolute Gasteiger partial charge is 0.512 e. The number of rotatable bonds is 5. The van der Waals surface area contributed by atoms with Crippen LogP contribution < -0.4 is 0 Å². The summed E-state index contributed by atoms with van der Waals surface area (Å²) >= 11 is 0. The van der Waals surface area contributed by atoms with Gasteiger partial charge in [0.25, 0.3) is 0 Å². The van der Waals surface area contributed by atoms with Crippen molar-refractivity contribution in [3.63, 3.8) is 0 Å². The highest BCUT2D eigenvalue weighted by Gasteiger charge is 2.45. The lowest BCUT2D eigenvalue weighted by molar-refractivity contribution is -0.165. The molecule has 1 aliphatic heterocycles. The van der Waals surface area contributed by atoms with Crippen LogP contribution in [0.5, 0.6) is 0 Å². The molecule has 0 bridgehead atoms. The zero-order valence-corrected chi connectivity index (χ0v) is 15.9. The van der Waals surface area contributed by atoms with E-state index in [1.807, 2.05) is 6.07 Å². The van der Waals surface area contributed by atoms with Crippen LogP contribution in [-0.2, 0) is 21.4 Å². The van der Waals surface area contributed by atoms with E-state index in [0.717, 1.165) is 37.3 Å². The van der Waals surface area contributed by atoms with E-state index in [1.54, 1.807) is 19.9 Å². The maximum absolute atomic E-state index is 14.5. The maximum Gasteiger partial charge on any atom is 0.334 e. The summed E-state index contributed by atoms with van der Waals surface area (Å²) < 4.78 is 20.3. The third-order valence-corrected chi connectivity index (χ3v) is 5.99. The smallest absolute Gasteiger partial charge is 0.334 e. The van der Waals surface area contributed by atoms with Crippen molar-refractivity contribution in [3.05, 3.63) is 47.0 Å². The van der Waals surface area contributed by atoms with Gasteiger partial charge in [-0.3, -0.25) is 0 Å². The number of carbonyl (C=O) groups excluding carboxylic acids is 1. The summed E-state index contributed by atoms with van der Waals surface area (Å²) in [7, 11) is 0. The number of aliphatic hydroxyl groups is 1. The summed E-state index contributed by atoms with van der Waals surface area (Å²) in [5.74, 6) is -0.602. The zero-order chi connectivity index (χ0) is 19.7. The van der Waals surface area contributed by atoms with Crippen molar-refractivity contribution in [3.8, 4) is 6.07 Å². The fraction of sp³-hybridized carbons (Fsp3) is 0.545. The van der Waals surface area contributed by atoms with Crippen LogP contribution in [0.3, 0.4) is 0 Å². The van der Waals surface area contributed by atoms with Crippen LogP contribution >= 0.6 is 0 Å². The monoisotopic (exact) mass is 371 g/mol. The lowest BCUT2D eigenvalue weighted by Gasteiger charge is -2.40. The lowest BCUT2D eigenvalue weighted by atomic mass is 9.77. The quantitative estimate of drug-likeness (QED) is 0.749. The Labute approximate surface area is 159 Å². The second kappa shape index (κ2) is 7.34. The molecule has 1 aliphatic carbocycles. The number of ether oxygens (including phenoxy) is 1. The van der Waals surface area contributed by atoms with Gasteiger partial charge in [0.2, 0.25) is 0 Å². The maximum atomic E-state index is 14.5. The topological polar surface area (TPSA) is 70.3 Å². The first-order valence-electron chi connectivity index (χ1n) is 9.58. The first-order valence-corrected chi connectivity index (χ1v) is 9.58. The summed E-state index contributed by atoms with van der Waals surface area (Å²) in [5, 5.41) is 19.3. The third-order valence-electron chi connectivity index (χ3n) is 5.99. The van der Waals surface area contributed by atoms with Crippen molar-refractivity contribution in [2.75, 3.05) is 0 Å². The van der Waals surface area contributed by atoms with Gasteiger partial charge in [-0.15, -0.1) is 0 Å². The van der Waals surface area contributed by atoms with Crippen LogP contribution in [0, 0.1) is 23.1 Å². The van der Waals surface area contributed by atoms with Gasteiger partial charge < -0.3 is 9.84 Å². The van der Waals surface area contributed by atoms with E-state index in [-0.39, 0.29) is 11.7 Å². The lowest BCUT2D eigenvalue weighted by Crippen LogP contribution is -2.44. The Hall–Kier alpha value is -2.35. The van der Waals surface area contributed by atoms with Crippen LogP contribution in [0.4, 0.5) is 4.39 Å². The number of carbonyl (C=O) groups is 1. The van der Waals surface area contributed by atoms with Crippen LogP contribution in [0.25, 0.3) is 0 Å². The molecule has 5 heteroatoms. The van der Waals surface area contributed by atoms with Crippen molar-refractivity contribution < 1.29 is 19.0 Å². The van der Waals surface area contributed by atoms with E-state index < -0.39 is 22.8 Å². The van der Waals surface area contributed by atoms with Gasteiger partial charge in [0.05, 0.1) is 17.6 Å². The minimum atomic E-state index is -0.886. The first kappa shape index (κ1) is 19.4. The van der Waals surface area contributed by atoms with Crippen molar-refractivity contribution >= 4 is 5.97 Å². The molecule has 3 rings (SSSR count). The number of nitriles is 1. The molecule has 2 aliphatic rings. The van der Waals surface area contributed by atoms with E-state index in [2.05, 4.69) is 6.07 Å². The SMILES string of the molecule is CC(C)(C#N)c1ccc(CC[C@]2(C3CCCC3)CC(O)=CC(=O)O2)cc1F. The predicted octanol–water partition coefficient (Wildman–Crippen LogP) is 4.88. The van der Waals surface area contributed by atoms with E-state index in [1.165, 1.54) is 6.07 Å². The number of cyclic esters (lactones) is 1. The number of hydrogen-bond donors (Lipinski definition) is 1. The highest BCUT2D eigenvalue weighted by atomic mass is 19.1. The molecule has 4 nitrogen and oxygen atoms in total. The van der Waals surface area contributed by atoms with Gasteiger partial charge in [-0.05, 0) is 57.1 Å². The van der Waals surface area contributed by atoms with Gasteiger partial charge in [-0.25, -0.2) is 9.18 Å². The minimum Gasteiger partial charge on any atom is -0.512 e. The standard InChI is InChI=1S/C22H26FNO3/c1-21(2,14-24)18-8-7-15(11-19(18)23)9-10-22(16-5-3-4-6-16)13-17(25)12-20(26)27-22/h7-8,11-12,16,25H,3-6,9-10,13H2,1-2H3/t22-/m1/s1.